The Labute approximate surface area is 98.5 Å². The minimum Gasteiger partial charge on any atom is -0.342 e. The molecular formula is C10H22N2O3S. The number of carbonyl (C=O) groups is 1. The molecule has 0 aromatic heterocycles. The van der Waals surface area contributed by atoms with E-state index in [1.165, 1.54) is 11.9 Å². The molecule has 0 aliphatic carbocycles. The highest BCUT2D eigenvalue weighted by molar-refractivity contribution is 7.89. The van der Waals surface area contributed by atoms with E-state index in [-0.39, 0.29) is 18.5 Å². The van der Waals surface area contributed by atoms with Crippen LogP contribution in [0.1, 0.15) is 27.7 Å². The molecule has 0 radical (unpaired) electrons. The van der Waals surface area contributed by atoms with Gasteiger partial charge in [-0.2, -0.15) is 4.31 Å². The van der Waals surface area contributed by atoms with Crippen LogP contribution >= 0.6 is 0 Å². The predicted octanol–water partition coefficient (Wildman–Crippen LogP) is 0.523. The maximum Gasteiger partial charge on any atom is 0.237 e. The number of hydrogen-bond donors (Lipinski definition) is 0. The van der Waals surface area contributed by atoms with Gasteiger partial charge < -0.3 is 4.90 Å². The van der Waals surface area contributed by atoms with Gasteiger partial charge in [0.2, 0.25) is 15.9 Å². The van der Waals surface area contributed by atoms with Gasteiger partial charge >= 0.3 is 0 Å². The largest absolute Gasteiger partial charge is 0.342 e. The standard InChI is InChI=1S/C10H22N2O3S/c1-8(2)12(6)10(13)7-11(5)16(14,15)9(3)4/h8-9H,7H2,1-6H3. The molecule has 0 saturated carbocycles. The molecule has 0 unspecified atom stereocenters. The van der Waals surface area contributed by atoms with Crippen molar-refractivity contribution in [3.8, 4) is 0 Å². The van der Waals surface area contributed by atoms with Gasteiger partial charge in [-0.3, -0.25) is 4.79 Å². The zero-order valence-electron chi connectivity index (χ0n) is 10.9. The van der Waals surface area contributed by atoms with Gasteiger partial charge in [-0.25, -0.2) is 8.42 Å². The van der Waals surface area contributed by atoms with Crippen LogP contribution in [-0.2, 0) is 14.8 Å². The number of likely N-dealkylation sites (N-methyl/N-ethyl adjacent to an activating group) is 2. The molecule has 96 valence electrons. The van der Waals surface area contributed by atoms with Gasteiger partial charge in [0.1, 0.15) is 0 Å². The summed E-state index contributed by atoms with van der Waals surface area (Å²) in [5, 5.41) is -0.505. The maximum atomic E-state index is 11.7. The number of carbonyl (C=O) groups excluding carboxylic acids is 1. The van der Waals surface area contributed by atoms with E-state index in [2.05, 4.69) is 0 Å². The fourth-order valence-corrected chi connectivity index (χ4v) is 2.05. The van der Waals surface area contributed by atoms with Crippen LogP contribution in [0.4, 0.5) is 0 Å². The molecule has 0 bridgehead atoms. The first-order chi connectivity index (χ1) is 7.10. The summed E-state index contributed by atoms with van der Waals surface area (Å²) >= 11 is 0. The molecule has 0 atom stereocenters. The van der Waals surface area contributed by atoms with Gasteiger partial charge in [-0.15, -0.1) is 0 Å². The van der Waals surface area contributed by atoms with Crippen LogP contribution < -0.4 is 0 Å². The van der Waals surface area contributed by atoms with Crippen LogP contribution in [0, 0.1) is 0 Å². The van der Waals surface area contributed by atoms with Crippen molar-refractivity contribution in [3.05, 3.63) is 0 Å². The smallest absolute Gasteiger partial charge is 0.237 e. The Morgan fingerprint density at radius 1 is 1.12 bits per heavy atom. The van der Waals surface area contributed by atoms with Crippen LogP contribution in [0.15, 0.2) is 0 Å². The monoisotopic (exact) mass is 250 g/mol. The molecule has 0 rings (SSSR count). The average molecular weight is 250 g/mol. The molecule has 1 amide bonds. The van der Waals surface area contributed by atoms with Crippen molar-refractivity contribution in [2.75, 3.05) is 20.6 Å². The second-order valence-corrected chi connectivity index (χ2v) is 7.04. The second-order valence-electron chi connectivity index (χ2n) is 4.45. The predicted molar refractivity (Wildman–Crippen MR) is 64.6 cm³/mol. The molecule has 0 saturated heterocycles. The number of sulfonamides is 1. The Morgan fingerprint density at radius 2 is 1.56 bits per heavy atom. The molecular weight excluding hydrogens is 228 g/mol. The van der Waals surface area contributed by atoms with E-state index in [0.717, 1.165) is 4.31 Å². The van der Waals surface area contributed by atoms with E-state index in [9.17, 15) is 13.2 Å². The summed E-state index contributed by atoms with van der Waals surface area (Å²) in [5.41, 5.74) is 0. The summed E-state index contributed by atoms with van der Waals surface area (Å²) in [6.07, 6.45) is 0. The van der Waals surface area contributed by atoms with Gasteiger partial charge in [0.05, 0.1) is 11.8 Å². The third kappa shape index (κ3) is 3.75. The lowest BCUT2D eigenvalue weighted by atomic mass is 10.3. The molecule has 0 aliphatic rings. The van der Waals surface area contributed by atoms with E-state index in [0.29, 0.717) is 0 Å². The van der Waals surface area contributed by atoms with Crippen LogP contribution in [0.2, 0.25) is 0 Å². The van der Waals surface area contributed by atoms with Crippen LogP contribution in [0.25, 0.3) is 0 Å². The van der Waals surface area contributed by atoms with Gasteiger partial charge in [0.15, 0.2) is 0 Å². The van der Waals surface area contributed by atoms with Crippen molar-refractivity contribution in [2.24, 2.45) is 0 Å². The molecule has 0 spiro atoms. The van der Waals surface area contributed by atoms with Gasteiger partial charge in [-0.05, 0) is 27.7 Å². The normalized spacial score (nSPS) is 12.6. The highest BCUT2D eigenvalue weighted by Gasteiger charge is 2.25. The van der Waals surface area contributed by atoms with E-state index < -0.39 is 15.3 Å². The second kappa shape index (κ2) is 5.63. The summed E-state index contributed by atoms with van der Waals surface area (Å²) in [7, 11) is -0.244. The lowest BCUT2D eigenvalue weighted by molar-refractivity contribution is -0.131. The first kappa shape index (κ1) is 15.4. The van der Waals surface area contributed by atoms with Crippen molar-refractivity contribution in [3.63, 3.8) is 0 Å². The lowest BCUT2D eigenvalue weighted by Gasteiger charge is -2.25. The topological polar surface area (TPSA) is 57.7 Å². The van der Waals surface area contributed by atoms with E-state index >= 15 is 0 Å². The minimum atomic E-state index is -3.35. The Hall–Kier alpha value is -0.620. The van der Waals surface area contributed by atoms with E-state index in [1.807, 2.05) is 13.8 Å². The Balaban J connectivity index is 4.59. The summed E-state index contributed by atoms with van der Waals surface area (Å²) in [4.78, 5) is 13.2. The third-order valence-corrected chi connectivity index (χ3v) is 4.75. The van der Waals surface area contributed by atoms with Gasteiger partial charge in [-0.1, -0.05) is 0 Å². The first-order valence-electron chi connectivity index (χ1n) is 5.31. The Kier molecular flexibility index (Phi) is 5.41. The highest BCUT2D eigenvalue weighted by Crippen LogP contribution is 2.06. The minimum absolute atomic E-state index is 0.0719. The van der Waals surface area contributed by atoms with Crippen LogP contribution in [-0.4, -0.2) is 55.5 Å². The molecule has 0 fully saturated rings. The summed E-state index contributed by atoms with van der Waals surface area (Å²) < 4.78 is 24.5. The summed E-state index contributed by atoms with van der Waals surface area (Å²) in [5.74, 6) is -0.193. The van der Waals surface area contributed by atoms with Crippen molar-refractivity contribution in [1.29, 1.82) is 0 Å². The van der Waals surface area contributed by atoms with E-state index in [1.54, 1.807) is 20.9 Å². The van der Waals surface area contributed by atoms with E-state index in [4.69, 9.17) is 0 Å². The quantitative estimate of drug-likeness (QED) is 0.715. The summed E-state index contributed by atoms with van der Waals surface area (Å²) in [6, 6.07) is 0.0719. The van der Waals surface area contributed by atoms with Gasteiger partial charge in [0, 0.05) is 20.1 Å². The number of amides is 1. The molecule has 0 N–H and O–H groups in total. The number of rotatable bonds is 5. The van der Waals surface area contributed by atoms with Crippen molar-refractivity contribution >= 4 is 15.9 Å². The van der Waals surface area contributed by atoms with Crippen molar-refractivity contribution < 1.29 is 13.2 Å². The molecule has 5 nitrogen and oxygen atoms in total. The first-order valence-corrected chi connectivity index (χ1v) is 6.81. The third-order valence-electron chi connectivity index (χ3n) is 2.56. The molecule has 16 heavy (non-hydrogen) atoms. The molecule has 0 aromatic carbocycles. The number of nitrogens with zero attached hydrogens (tertiary/aromatic N) is 2. The molecule has 0 aliphatic heterocycles. The zero-order valence-corrected chi connectivity index (χ0v) is 11.7. The Bertz CT molecular complexity index is 336. The fourth-order valence-electron chi connectivity index (χ4n) is 1.04. The zero-order chi connectivity index (χ0) is 13.1. The lowest BCUT2D eigenvalue weighted by Crippen LogP contribution is -2.43. The summed E-state index contributed by atoms with van der Waals surface area (Å²) in [6.45, 7) is 6.86. The maximum absolute atomic E-state index is 11.7. The van der Waals surface area contributed by atoms with Crippen molar-refractivity contribution in [2.45, 2.75) is 39.0 Å². The van der Waals surface area contributed by atoms with Crippen LogP contribution in [0.3, 0.4) is 0 Å². The van der Waals surface area contributed by atoms with Crippen LogP contribution in [0.5, 0.6) is 0 Å². The fraction of sp³-hybridized carbons (Fsp3) is 0.900. The molecule has 6 heteroatoms. The molecule has 0 aromatic rings. The molecule has 0 heterocycles. The SMILES string of the molecule is CC(C)N(C)C(=O)CN(C)S(=O)(=O)C(C)C. The number of hydrogen-bond acceptors (Lipinski definition) is 3. The van der Waals surface area contributed by atoms with Crippen molar-refractivity contribution in [1.82, 2.24) is 9.21 Å². The van der Waals surface area contributed by atoms with Gasteiger partial charge in [0.25, 0.3) is 0 Å². The Morgan fingerprint density at radius 3 is 1.88 bits per heavy atom. The highest BCUT2D eigenvalue weighted by atomic mass is 32.2. The average Bonchev–Trinajstić information content (AvgIpc) is 2.15.